The normalized spacial score (nSPS) is 19.7. The zero-order valence-electron chi connectivity index (χ0n) is 48.8. The fourth-order valence-corrected chi connectivity index (χ4v) is 9.65. The van der Waals surface area contributed by atoms with Gasteiger partial charge in [0, 0.05) is 55.9 Å². The van der Waals surface area contributed by atoms with E-state index >= 15 is 9.59 Å². The maximum Gasteiger partial charge on any atom is 0.490 e. The second kappa shape index (κ2) is 36.5. The van der Waals surface area contributed by atoms with Gasteiger partial charge in [-0.2, -0.15) is 26.3 Å². The number of alkyl halides is 6. The van der Waals surface area contributed by atoms with E-state index in [1.54, 1.807) is 85.1 Å². The van der Waals surface area contributed by atoms with E-state index in [9.17, 15) is 50.3 Å². The van der Waals surface area contributed by atoms with Crippen LogP contribution in [-0.4, -0.2) is 149 Å². The number of ether oxygens (including phenoxy) is 2. The van der Waals surface area contributed by atoms with Gasteiger partial charge in [0.05, 0.1) is 6.54 Å². The zero-order chi connectivity index (χ0) is 66.5. The topological polar surface area (TPSA) is 356 Å². The lowest BCUT2D eigenvalue weighted by Crippen LogP contribution is -2.61. The van der Waals surface area contributed by atoms with Crippen LogP contribution in [0.25, 0.3) is 10.9 Å². The highest BCUT2D eigenvalue weighted by atomic mass is 19.4. The third kappa shape index (κ3) is 23.5. The minimum absolute atomic E-state index is 0.0385. The monoisotopic (exact) mass is 1280 g/mol. The number of carbonyl (C=O) groups is 9. The predicted molar refractivity (Wildman–Crippen MR) is 318 cm³/mol. The van der Waals surface area contributed by atoms with Gasteiger partial charge in [0.1, 0.15) is 54.7 Å². The number of alkyl carbamates (subject to hydrolysis) is 1. The number of unbranched alkanes of at least 4 members (excludes halogenated alkanes) is 1. The molecule has 91 heavy (non-hydrogen) atoms. The number of aromatic nitrogens is 1. The Morgan fingerprint density at radius 2 is 1.15 bits per heavy atom. The lowest BCUT2D eigenvalue weighted by molar-refractivity contribution is -0.192. The predicted octanol–water partition coefficient (Wildman–Crippen LogP) is 4.88. The van der Waals surface area contributed by atoms with Crippen molar-refractivity contribution in [2.24, 2.45) is 11.5 Å². The van der Waals surface area contributed by atoms with E-state index in [1.807, 2.05) is 60.7 Å². The zero-order valence-corrected chi connectivity index (χ0v) is 48.8. The molecule has 0 bridgehead atoms. The van der Waals surface area contributed by atoms with Gasteiger partial charge < -0.3 is 72.9 Å². The Morgan fingerprint density at radius 3 is 1.75 bits per heavy atom. The summed E-state index contributed by atoms with van der Waals surface area (Å²) in [5, 5.41) is 31.9. The third-order valence-corrected chi connectivity index (χ3v) is 13.9. The van der Waals surface area contributed by atoms with Gasteiger partial charge in [-0.15, -0.1) is 0 Å². The number of halogens is 6. The number of carbonyl (C=O) groups excluding carboxylic acids is 7. The number of benzene rings is 5. The molecule has 1 aromatic heterocycles. The molecule has 23 nitrogen and oxygen atoms in total. The van der Waals surface area contributed by atoms with Crippen molar-refractivity contribution in [1.29, 1.82) is 0 Å². The molecule has 2 aliphatic heterocycles. The first-order valence-corrected chi connectivity index (χ1v) is 28.4. The Labute approximate surface area is 518 Å². The van der Waals surface area contributed by atoms with Crippen LogP contribution in [0.15, 0.2) is 146 Å². The number of nitrogens with zero attached hydrogens (tertiary/aromatic N) is 1. The molecular weight excluding hydrogens is 1210 g/mol. The summed E-state index contributed by atoms with van der Waals surface area (Å²) in [7, 11) is 0. The number of amides is 7. The molecule has 3 heterocycles. The van der Waals surface area contributed by atoms with Crippen molar-refractivity contribution in [1.82, 2.24) is 41.8 Å². The number of aromatic amines is 1. The van der Waals surface area contributed by atoms with Gasteiger partial charge >= 0.3 is 24.9 Å². The SMILES string of the molecule is FC(F)F.NCCCC[C@@H]1NC(=O)[C@@H](Cc2c[nH]c3ccccc23)NC(=O)[C@H](c2ccccc2)NC(=O)[C@@H]2C[C@@H](OC(=O)NCCN)CN2C(=O)[C@H](Cc2ccccc2)NC(=O)[C@H](Cc2ccc(OCc3ccccc3)cc2)NC1=O.O=C(O)C(F)(F)F.O=CO. The maximum absolute atomic E-state index is 15.3. The largest absolute Gasteiger partial charge is 0.490 e. The fourth-order valence-electron chi connectivity index (χ4n) is 9.65. The molecule has 0 saturated carbocycles. The molecule has 7 amide bonds. The van der Waals surface area contributed by atoms with Crippen molar-refractivity contribution in [2.45, 2.75) is 107 Å². The molecule has 7 atom stereocenters. The van der Waals surface area contributed by atoms with E-state index in [2.05, 4.69) is 36.9 Å². The molecular formula is C62H70F6N10O13. The van der Waals surface area contributed by atoms with Crippen LogP contribution in [-0.2, 0) is 69.0 Å². The van der Waals surface area contributed by atoms with Crippen molar-refractivity contribution in [3.63, 3.8) is 0 Å². The molecule has 2 fully saturated rings. The van der Waals surface area contributed by atoms with Crippen LogP contribution in [0.4, 0.5) is 31.1 Å². The van der Waals surface area contributed by atoms with Gasteiger partial charge in [-0.05, 0) is 71.8 Å². The summed E-state index contributed by atoms with van der Waals surface area (Å²) >= 11 is 0. The molecule has 0 unspecified atom stereocenters. The van der Waals surface area contributed by atoms with E-state index in [4.69, 9.17) is 40.7 Å². The number of para-hydroxylation sites is 1. The van der Waals surface area contributed by atoms with Gasteiger partial charge in [0.25, 0.3) is 6.47 Å². The first-order valence-electron chi connectivity index (χ1n) is 28.4. The standard InChI is InChI=1S/C58H66N10O9.C2HF3O2.CHF3.CH2O2/c59-27-13-12-22-46-52(69)64-47(30-38-23-25-42(26-24-38)76-36-39-16-6-2-7-17-39)53(70)66-49(31-37-14-4-1-5-15-37)57(74)68-35-43(77-58(75)61-29-28-60)33-50(68)55(72)67-51(40-18-8-3-9-19-40)56(73)65-48(54(71)63-46)32-41-34-62-45-21-11-10-20-44(41)45;3-2(4,5)1(6)7;2-1(3)4;2-1-3/h1-11,14-21,23-26,34,43,46-51,62H,12-13,22,27-33,35-36,59-60H2,(H,61,75)(H,63,71)(H,64,69)(H,65,73)(H,66,70)(H,67,72);(H,6,7);1H;1H,(H,2,3)/t43-,46+,47+,48-,49+,50+,51+;;;/m1.../s1. The Bertz CT molecular complexity index is 3310. The van der Waals surface area contributed by atoms with Crippen molar-refractivity contribution in [3.05, 3.63) is 174 Å². The molecule has 0 spiro atoms. The quantitative estimate of drug-likeness (QED) is 0.0329. The van der Waals surface area contributed by atoms with Crippen LogP contribution in [0.2, 0.25) is 0 Å². The average molecular weight is 1280 g/mol. The molecule has 2 aliphatic rings. The van der Waals surface area contributed by atoms with Crippen LogP contribution < -0.4 is 48.1 Å². The molecule has 13 N–H and O–H groups in total. The number of aliphatic carboxylic acids is 1. The van der Waals surface area contributed by atoms with E-state index < -0.39 is 103 Å². The van der Waals surface area contributed by atoms with Gasteiger partial charge in [0.15, 0.2) is 0 Å². The number of hydrogen-bond acceptors (Lipinski definition) is 13. The van der Waals surface area contributed by atoms with Crippen molar-refractivity contribution in [2.75, 3.05) is 26.2 Å². The minimum Gasteiger partial charge on any atom is -0.489 e. The third-order valence-electron chi connectivity index (χ3n) is 13.9. The number of carboxylic acids is 1. The molecule has 6 aromatic rings. The highest BCUT2D eigenvalue weighted by molar-refractivity contribution is 5.99. The smallest absolute Gasteiger partial charge is 0.489 e. The lowest BCUT2D eigenvalue weighted by atomic mass is 9.99. The molecule has 0 aliphatic carbocycles. The maximum atomic E-state index is 15.3. The molecule has 5 aromatic carbocycles. The van der Waals surface area contributed by atoms with Crippen LogP contribution in [0.1, 0.15) is 59.5 Å². The molecule has 2 saturated heterocycles. The number of rotatable bonds is 17. The molecule has 488 valence electrons. The summed E-state index contributed by atoms with van der Waals surface area (Å²) in [6.45, 7) is -3.30. The van der Waals surface area contributed by atoms with Crippen LogP contribution in [0, 0.1) is 0 Å². The Kier molecular flexibility index (Phi) is 28.7. The van der Waals surface area contributed by atoms with E-state index in [0.717, 1.165) is 16.5 Å². The van der Waals surface area contributed by atoms with E-state index in [-0.39, 0.29) is 58.2 Å². The fraction of sp³-hybridized carbons (Fsp3) is 0.339. The first kappa shape index (κ1) is 71.7. The molecule has 29 heteroatoms. The lowest BCUT2D eigenvalue weighted by Gasteiger charge is -2.32. The summed E-state index contributed by atoms with van der Waals surface area (Å²) in [6, 6.07) is 33.6. The first-order chi connectivity index (χ1) is 43.5. The Morgan fingerprint density at radius 1 is 0.648 bits per heavy atom. The summed E-state index contributed by atoms with van der Waals surface area (Å²) in [6.07, 6.45) is -4.43. The Balaban J connectivity index is 0.000000970. The van der Waals surface area contributed by atoms with Gasteiger partial charge in [0.2, 0.25) is 35.4 Å². The second-order valence-corrected chi connectivity index (χ2v) is 20.4. The van der Waals surface area contributed by atoms with Crippen molar-refractivity contribution >= 4 is 64.9 Å². The Hall–Kier alpha value is -10.0. The van der Waals surface area contributed by atoms with Gasteiger partial charge in [-0.25, -0.2) is 9.59 Å². The van der Waals surface area contributed by atoms with Gasteiger partial charge in [-0.1, -0.05) is 121 Å². The van der Waals surface area contributed by atoms with Crippen LogP contribution in [0.5, 0.6) is 5.75 Å². The summed E-state index contributed by atoms with van der Waals surface area (Å²) in [5.41, 5.74) is 15.7. The minimum atomic E-state index is -5.08. The summed E-state index contributed by atoms with van der Waals surface area (Å²) in [4.78, 5) is 125. The van der Waals surface area contributed by atoms with E-state index in [1.165, 1.54) is 4.90 Å². The van der Waals surface area contributed by atoms with Crippen molar-refractivity contribution in [3.8, 4) is 5.75 Å². The summed E-state index contributed by atoms with van der Waals surface area (Å²) in [5.74, 6) is -6.52. The molecule has 0 radical (unpaired) electrons. The van der Waals surface area contributed by atoms with Crippen molar-refractivity contribution < 1.29 is 89.2 Å². The number of carboxylic acid groups (broad SMARTS) is 2. The number of hydrogen-bond donors (Lipinski definition) is 11. The van der Waals surface area contributed by atoms with Gasteiger partial charge in [-0.3, -0.25) is 33.6 Å². The number of nitrogens with one attached hydrogen (secondary N) is 7. The van der Waals surface area contributed by atoms with Crippen LogP contribution in [0.3, 0.4) is 0 Å². The summed E-state index contributed by atoms with van der Waals surface area (Å²) < 4.78 is 72.5. The number of fused-ring (bicyclic) bond motifs is 2. The molecule has 8 rings (SSSR count). The number of H-pyrrole nitrogens is 1. The van der Waals surface area contributed by atoms with E-state index in [0.29, 0.717) is 54.0 Å². The average Bonchev–Trinajstić information content (AvgIpc) is 1.78. The second-order valence-electron chi connectivity index (χ2n) is 20.4. The van der Waals surface area contributed by atoms with Crippen LogP contribution >= 0.6 is 0 Å². The highest BCUT2D eigenvalue weighted by Gasteiger charge is 2.46. The number of nitrogens with two attached hydrogens (primary N) is 2. The highest BCUT2D eigenvalue weighted by Crippen LogP contribution is 2.26.